The van der Waals surface area contributed by atoms with Crippen molar-refractivity contribution < 1.29 is 4.42 Å². The fraction of sp³-hybridized carbons (Fsp3) is 0.150. The average Bonchev–Trinajstić information content (AvgIpc) is 2.92. The van der Waals surface area contributed by atoms with Crippen LogP contribution in [0.3, 0.4) is 0 Å². The van der Waals surface area contributed by atoms with Gasteiger partial charge in [-0.3, -0.25) is 4.98 Å². The van der Waals surface area contributed by atoms with Crippen LogP contribution in [-0.2, 0) is 0 Å². The highest BCUT2D eigenvalue weighted by molar-refractivity contribution is 6.88. The molecule has 0 aliphatic carbocycles. The molecule has 0 aliphatic rings. The van der Waals surface area contributed by atoms with Crippen molar-refractivity contribution in [3.8, 4) is 11.3 Å². The second-order valence-corrected chi connectivity index (χ2v) is 12.0. The topological polar surface area (TPSA) is 26.0 Å². The Morgan fingerprint density at radius 1 is 0.870 bits per heavy atom. The van der Waals surface area contributed by atoms with E-state index in [9.17, 15) is 0 Å². The van der Waals surface area contributed by atoms with Gasteiger partial charge >= 0.3 is 0 Å². The first-order chi connectivity index (χ1) is 11.0. The van der Waals surface area contributed by atoms with Gasteiger partial charge < -0.3 is 4.42 Å². The van der Waals surface area contributed by atoms with Crippen molar-refractivity contribution >= 4 is 35.2 Å². The minimum Gasteiger partial charge on any atom is -0.455 e. The van der Waals surface area contributed by atoms with Crippen LogP contribution in [-0.4, -0.2) is 13.1 Å². The molecular weight excluding hydrogens is 298 g/mol. The number of hydrogen-bond donors (Lipinski definition) is 0. The molecule has 4 rings (SSSR count). The van der Waals surface area contributed by atoms with Gasteiger partial charge in [0.2, 0.25) is 0 Å². The van der Waals surface area contributed by atoms with E-state index in [-0.39, 0.29) is 0 Å². The molecule has 2 nitrogen and oxygen atoms in total. The third kappa shape index (κ3) is 2.37. The molecule has 4 aromatic rings. The SMILES string of the molecule is C[Si](C)(C)c1ccc2oc3c(-c4ccccn4)cccc3c2c1. The van der Waals surface area contributed by atoms with E-state index in [2.05, 4.69) is 61.0 Å². The molecule has 3 heteroatoms. The van der Waals surface area contributed by atoms with Crippen molar-refractivity contribution in [1.82, 2.24) is 4.98 Å². The second kappa shape index (κ2) is 5.07. The molecule has 114 valence electrons. The van der Waals surface area contributed by atoms with Gasteiger partial charge in [-0.25, -0.2) is 0 Å². The Hall–Kier alpha value is -2.39. The minimum absolute atomic E-state index is 0.925. The molecule has 0 aliphatic heterocycles. The summed E-state index contributed by atoms with van der Waals surface area (Å²) in [4.78, 5) is 4.47. The standard InChI is InChI=1S/C20H19NOSi/c1-23(2,3)14-10-11-19-17(13-14)15-7-6-8-16(20(15)22-19)18-9-4-5-12-21-18/h4-13H,1-3H3. The van der Waals surface area contributed by atoms with E-state index >= 15 is 0 Å². The number of fused-ring (bicyclic) bond motifs is 3. The Kier molecular flexibility index (Phi) is 3.13. The fourth-order valence-corrected chi connectivity index (χ4v) is 4.15. The summed E-state index contributed by atoms with van der Waals surface area (Å²) in [6.45, 7) is 7.11. The van der Waals surface area contributed by atoms with Gasteiger partial charge in [0.1, 0.15) is 11.2 Å². The van der Waals surface area contributed by atoms with Gasteiger partial charge in [0.05, 0.1) is 13.8 Å². The predicted octanol–water partition coefficient (Wildman–Crippen LogP) is 5.19. The quantitative estimate of drug-likeness (QED) is 0.475. The van der Waals surface area contributed by atoms with Crippen LogP contribution in [0.1, 0.15) is 0 Å². The Morgan fingerprint density at radius 2 is 1.74 bits per heavy atom. The van der Waals surface area contributed by atoms with Crippen LogP contribution < -0.4 is 5.19 Å². The third-order valence-corrected chi connectivity index (χ3v) is 6.35. The van der Waals surface area contributed by atoms with Gasteiger partial charge in [0.25, 0.3) is 0 Å². The monoisotopic (exact) mass is 317 g/mol. The highest BCUT2D eigenvalue weighted by Gasteiger charge is 2.19. The zero-order valence-corrected chi connectivity index (χ0v) is 14.6. The van der Waals surface area contributed by atoms with Crippen LogP contribution in [0.25, 0.3) is 33.2 Å². The minimum atomic E-state index is -1.34. The van der Waals surface area contributed by atoms with Gasteiger partial charge in [-0.1, -0.05) is 55.2 Å². The summed E-state index contributed by atoms with van der Waals surface area (Å²) < 4.78 is 6.18. The second-order valence-electron chi connectivity index (χ2n) is 6.96. The molecule has 2 aromatic carbocycles. The lowest BCUT2D eigenvalue weighted by Crippen LogP contribution is -2.37. The first-order valence-electron chi connectivity index (χ1n) is 7.91. The zero-order valence-electron chi connectivity index (χ0n) is 13.6. The fourth-order valence-electron chi connectivity index (χ4n) is 2.99. The first-order valence-corrected chi connectivity index (χ1v) is 11.4. The highest BCUT2D eigenvalue weighted by atomic mass is 28.3. The Bertz CT molecular complexity index is 997. The van der Waals surface area contributed by atoms with E-state index in [0.717, 1.165) is 22.4 Å². The number of para-hydroxylation sites is 1. The number of furan rings is 1. The normalized spacial score (nSPS) is 12.1. The Morgan fingerprint density at radius 3 is 2.48 bits per heavy atom. The molecule has 2 aromatic heterocycles. The Balaban J connectivity index is 2.03. The van der Waals surface area contributed by atoms with Crippen molar-refractivity contribution in [2.75, 3.05) is 0 Å². The number of aromatic nitrogens is 1. The molecule has 0 radical (unpaired) electrons. The summed E-state index contributed by atoms with van der Waals surface area (Å²) in [6, 6.07) is 18.9. The van der Waals surface area contributed by atoms with Crippen LogP contribution in [0.4, 0.5) is 0 Å². The molecule has 2 heterocycles. The molecule has 0 atom stereocenters. The maximum Gasteiger partial charge on any atom is 0.144 e. The smallest absolute Gasteiger partial charge is 0.144 e. The largest absolute Gasteiger partial charge is 0.455 e. The first kappa shape index (κ1) is 14.2. The Labute approximate surface area is 136 Å². The van der Waals surface area contributed by atoms with Crippen LogP contribution in [0, 0.1) is 0 Å². The molecule has 0 amide bonds. The van der Waals surface area contributed by atoms with Crippen molar-refractivity contribution in [3.05, 3.63) is 60.8 Å². The zero-order chi connectivity index (χ0) is 16.0. The van der Waals surface area contributed by atoms with E-state index in [1.54, 1.807) is 0 Å². The third-order valence-electron chi connectivity index (χ3n) is 4.30. The van der Waals surface area contributed by atoms with E-state index in [4.69, 9.17) is 4.42 Å². The molecule has 0 fully saturated rings. The average molecular weight is 317 g/mol. The summed E-state index contributed by atoms with van der Waals surface area (Å²) in [5, 5.41) is 3.83. The van der Waals surface area contributed by atoms with Gasteiger partial charge in [0.15, 0.2) is 0 Å². The van der Waals surface area contributed by atoms with Crippen LogP contribution in [0.15, 0.2) is 65.2 Å². The number of pyridine rings is 1. The number of hydrogen-bond acceptors (Lipinski definition) is 2. The predicted molar refractivity (Wildman–Crippen MR) is 99.9 cm³/mol. The molecule has 0 N–H and O–H groups in total. The maximum absolute atomic E-state index is 6.18. The summed E-state index contributed by atoms with van der Waals surface area (Å²) in [5.74, 6) is 0. The lowest BCUT2D eigenvalue weighted by atomic mass is 10.1. The van der Waals surface area contributed by atoms with Gasteiger partial charge in [-0.2, -0.15) is 0 Å². The van der Waals surface area contributed by atoms with E-state index in [1.807, 2.05) is 24.4 Å². The van der Waals surface area contributed by atoms with E-state index in [1.165, 1.54) is 16.0 Å². The van der Waals surface area contributed by atoms with Crippen molar-refractivity contribution in [2.24, 2.45) is 0 Å². The molecule has 0 bridgehead atoms. The number of nitrogens with zero attached hydrogens (tertiary/aromatic N) is 1. The van der Waals surface area contributed by atoms with Gasteiger partial charge in [-0.15, -0.1) is 0 Å². The molecule has 0 saturated heterocycles. The number of benzene rings is 2. The van der Waals surface area contributed by atoms with Crippen molar-refractivity contribution in [2.45, 2.75) is 19.6 Å². The molecule has 0 saturated carbocycles. The maximum atomic E-state index is 6.18. The molecule has 0 unspecified atom stereocenters. The van der Waals surface area contributed by atoms with E-state index < -0.39 is 8.07 Å². The van der Waals surface area contributed by atoms with Crippen LogP contribution >= 0.6 is 0 Å². The summed E-state index contributed by atoms with van der Waals surface area (Å²) in [5.41, 5.74) is 3.87. The summed E-state index contributed by atoms with van der Waals surface area (Å²) in [6.07, 6.45) is 1.82. The van der Waals surface area contributed by atoms with E-state index in [0.29, 0.717) is 0 Å². The molecule has 23 heavy (non-hydrogen) atoms. The van der Waals surface area contributed by atoms with Crippen molar-refractivity contribution in [1.29, 1.82) is 0 Å². The van der Waals surface area contributed by atoms with Crippen molar-refractivity contribution in [3.63, 3.8) is 0 Å². The summed E-state index contributed by atoms with van der Waals surface area (Å²) in [7, 11) is -1.34. The van der Waals surface area contributed by atoms with Crippen LogP contribution in [0.2, 0.25) is 19.6 Å². The lowest BCUT2D eigenvalue weighted by Gasteiger charge is -2.16. The van der Waals surface area contributed by atoms with Crippen LogP contribution in [0.5, 0.6) is 0 Å². The number of rotatable bonds is 2. The molecular formula is C20H19NOSi. The highest BCUT2D eigenvalue weighted by Crippen LogP contribution is 2.34. The summed E-state index contributed by atoms with van der Waals surface area (Å²) >= 11 is 0. The van der Waals surface area contributed by atoms with Gasteiger partial charge in [-0.05, 0) is 24.3 Å². The van der Waals surface area contributed by atoms with Gasteiger partial charge in [0, 0.05) is 22.5 Å². The lowest BCUT2D eigenvalue weighted by molar-refractivity contribution is 0.670. The molecule has 0 spiro atoms.